The van der Waals surface area contributed by atoms with Gasteiger partial charge in [0.1, 0.15) is 0 Å². The number of fused-ring (bicyclic) bond motifs is 9. The third-order valence-corrected chi connectivity index (χ3v) is 16.7. The molecule has 0 N–H and O–H groups in total. The minimum absolute atomic E-state index is 0.165. The van der Waals surface area contributed by atoms with Crippen LogP contribution in [0.2, 0.25) is 0 Å². The van der Waals surface area contributed by atoms with Gasteiger partial charge in [0.15, 0.2) is 0 Å². The summed E-state index contributed by atoms with van der Waals surface area (Å²) in [6, 6.07) is 15.6. The lowest BCUT2D eigenvalue weighted by molar-refractivity contribution is -0.138. The van der Waals surface area contributed by atoms with E-state index in [1.54, 1.807) is 0 Å². The predicted molar refractivity (Wildman–Crippen MR) is 253 cm³/mol. The van der Waals surface area contributed by atoms with Gasteiger partial charge in [0.2, 0.25) is 0 Å². The van der Waals surface area contributed by atoms with Crippen molar-refractivity contribution in [1.29, 1.82) is 0 Å². The van der Waals surface area contributed by atoms with Crippen LogP contribution in [0.1, 0.15) is 206 Å². The summed E-state index contributed by atoms with van der Waals surface area (Å²) in [5.74, 6) is -2.63. The number of carbonyl (C=O) groups excluding carboxylic acids is 6. The zero-order valence-electron chi connectivity index (χ0n) is 39.1. The number of carbonyl (C=O) groups is 6. The van der Waals surface area contributed by atoms with Crippen molar-refractivity contribution in [2.75, 3.05) is 19.6 Å². The van der Waals surface area contributed by atoms with E-state index in [9.17, 15) is 19.2 Å². The van der Waals surface area contributed by atoms with Crippen LogP contribution in [0.5, 0.6) is 0 Å². The monoisotopic (exact) mass is 873 g/mol. The molecule has 4 aromatic rings. The van der Waals surface area contributed by atoms with Crippen molar-refractivity contribution in [3.63, 3.8) is 0 Å². The molecule has 3 aliphatic carbocycles. The van der Waals surface area contributed by atoms with E-state index in [2.05, 4.69) is 41.5 Å². The van der Waals surface area contributed by atoms with Crippen molar-refractivity contribution < 1.29 is 28.8 Å². The molecule has 6 amide bonds. The van der Waals surface area contributed by atoms with Crippen LogP contribution < -0.4 is 0 Å². The van der Waals surface area contributed by atoms with Gasteiger partial charge in [-0.3, -0.25) is 43.5 Å². The summed E-state index contributed by atoms with van der Waals surface area (Å²) in [6.07, 6.45) is 11.6. The summed E-state index contributed by atoms with van der Waals surface area (Å²) in [5.41, 5.74) is 6.73. The van der Waals surface area contributed by atoms with Crippen molar-refractivity contribution in [2.45, 2.75) is 142 Å². The second-order valence-electron chi connectivity index (χ2n) is 20.1. The highest BCUT2D eigenvalue weighted by molar-refractivity contribution is 6.29. The van der Waals surface area contributed by atoms with Crippen LogP contribution in [0.4, 0.5) is 0 Å². The minimum Gasteiger partial charge on any atom is -0.275 e. The SMILES string of the molecule is CCCCC(CC)CN1C(=O)C2=C(C1=O)C1c3ccc4c5c(ccc(c35)C1C1c3ccc5c6c(ccc(c36)C21)C(=O)N(CC(CC)CCCC)C5=O)C(=O)N(CC(CC)CCCC)C4=O. The molecule has 6 aliphatic rings. The maximum Gasteiger partial charge on any atom is 0.261 e. The van der Waals surface area contributed by atoms with E-state index in [0.717, 1.165) is 110 Å². The normalized spacial score (nSPS) is 22.8. The number of imide groups is 3. The van der Waals surface area contributed by atoms with Crippen molar-refractivity contribution in [3.05, 3.63) is 104 Å². The molecule has 0 spiro atoms. The molecule has 0 aromatic heterocycles. The van der Waals surface area contributed by atoms with E-state index >= 15 is 9.59 Å². The number of hydrogen-bond donors (Lipinski definition) is 0. The second-order valence-corrected chi connectivity index (χ2v) is 20.1. The Labute approximate surface area is 383 Å². The van der Waals surface area contributed by atoms with E-state index in [4.69, 9.17) is 0 Å². The Morgan fingerprint density at radius 3 is 0.969 bits per heavy atom. The average Bonchev–Trinajstić information content (AvgIpc) is 3.92. The molecular formula is C56H63N3O6. The maximum atomic E-state index is 15.2. The highest BCUT2D eigenvalue weighted by Gasteiger charge is 2.60. The van der Waals surface area contributed by atoms with E-state index in [1.807, 2.05) is 48.5 Å². The molecule has 7 atom stereocenters. The lowest BCUT2D eigenvalue weighted by Gasteiger charge is -2.38. The number of benzene rings is 4. The van der Waals surface area contributed by atoms with Crippen molar-refractivity contribution >= 4 is 57.0 Å². The Kier molecular flexibility index (Phi) is 11.2. The molecule has 4 aromatic carbocycles. The van der Waals surface area contributed by atoms with Gasteiger partial charge >= 0.3 is 0 Å². The van der Waals surface area contributed by atoms with Gasteiger partial charge in [-0.05, 0) is 94.3 Å². The van der Waals surface area contributed by atoms with E-state index in [0.29, 0.717) is 63.8 Å². The van der Waals surface area contributed by atoms with Crippen LogP contribution in [-0.4, -0.2) is 69.8 Å². The fourth-order valence-electron chi connectivity index (χ4n) is 13.1. The lowest BCUT2D eigenvalue weighted by Crippen LogP contribution is -2.43. The lowest BCUT2D eigenvalue weighted by atomic mass is 9.62. The Morgan fingerprint density at radius 1 is 0.385 bits per heavy atom. The fourth-order valence-corrected chi connectivity index (χ4v) is 13.1. The van der Waals surface area contributed by atoms with Gasteiger partial charge in [0, 0.05) is 87.5 Å². The molecule has 0 bridgehead atoms. The maximum absolute atomic E-state index is 15.2. The zero-order valence-corrected chi connectivity index (χ0v) is 39.1. The van der Waals surface area contributed by atoms with Gasteiger partial charge < -0.3 is 0 Å². The molecule has 9 nitrogen and oxygen atoms in total. The van der Waals surface area contributed by atoms with Gasteiger partial charge in [-0.25, -0.2) is 0 Å². The molecule has 3 aliphatic heterocycles. The molecule has 0 radical (unpaired) electrons. The van der Waals surface area contributed by atoms with Crippen molar-refractivity contribution in [1.82, 2.24) is 14.7 Å². The molecule has 7 unspecified atom stereocenters. The van der Waals surface area contributed by atoms with Crippen LogP contribution in [0, 0.1) is 17.8 Å². The first-order valence-electron chi connectivity index (χ1n) is 25.1. The standard InChI is InChI=1S/C56H63N3O6/c1-7-13-16-30(10-4)27-57-51(60)37-23-19-33-41-35(21-25-39(43(37)41)53(57)62)47-45(33)46-34-20-24-38-44-40(54(63)58(52(38)61)28-31(11-5)17-14-8-2)26-22-36(42(34)44)48(46)50-49(47)55(64)59(56(50)65)29-32(12-6)18-15-9-3/h19-26,30-32,45-48H,7-18,27-29H2,1-6H3. The Bertz CT molecular complexity index is 2540. The average molecular weight is 874 g/mol. The third kappa shape index (κ3) is 6.29. The van der Waals surface area contributed by atoms with E-state index in [-0.39, 0.29) is 65.0 Å². The predicted octanol–water partition coefficient (Wildman–Crippen LogP) is 11.6. The minimum atomic E-state index is -0.492. The quantitative estimate of drug-likeness (QED) is 0.0920. The highest BCUT2D eigenvalue weighted by Crippen LogP contribution is 2.69. The van der Waals surface area contributed by atoms with Crippen LogP contribution in [0.25, 0.3) is 21.5 Å². The van der Waals surface area contributed by atoms with Gasteiger partial charge in [-0.15, -0.1) is 0 Å². The van der Waals surface area contributed by atoms with Gasteiger partial charge in [0.25, 0.3) is 35.4 Å². The largest absolute Gasteiger partial charge is 0.275 e. The van der Waals surface area contributed by atoms with Crippen molar-refractivity contribution in [3.8, 4) is 0 Å². The van der Waals surface area contributed by atoms with Crippen LogP contribution in [0.3, 0.4) is 0 Å². The van der Waals surface area contributed by atoms with Gasteiger partial charge in [-0.2, -0.15) is 0 Å². The molecule has 10 rings (SSSR count). The number of unbranched alkanes of at least 4 members (excludes halogenated alkanes) is 3. The number of amides is 6. The Balaban J connectivity index is 1.14. The van der Waals surface area contributed by atoms with E-state index < -0.39 is 11.8 Å². The number of hydrogen-bond acceptors (Lipinski definition) is 6. The zero-order chi connectivity index (χ0) is 45.6. The topological polar surface area (TPSA) is 112 Å². The first kappa shape index (κ1) is 43.5. The van der Waals surface area contributed by atoms with Crippen LogP contribution in [0.15, 0.2) is 59.7 Å². The highest BCUT2D eigenvalue weighted by atomic mass is 16.2. The summed E-state index contributed by atoms with van der Waals surface area (Å²) >= 11 is 0. The Hall–Kier alpha value is -5.44. The summed E-state index contributed by atoms with van der Waals surface area (Å²) in [7, 11) is 0. The van der Waals surface area contributed by atoms with Gasteiger partial charge in [-0.1, -0.05) is 124 Å². The van der Waals surface area contributed by atoms with E-state index in [1.165, 1.54) is 14.7 Å². The number of nitrogens with zero attached hydrogens (tertiary/aromatic N) is 3. The molecule has 0 fully saturated rings. The molecule has 9 heteroatoms. The van der Waals surface area contributed by atoms with Gasteiger partial charge in [0.05, 0.1) is 0 Å². The first-order chi connectivity index (χ1) is 31.5. The molecule has 65 heavy (non-hydrogen) atoms. The molecule has 0 saturated carbocycles. The van der Waals surface area contributed by atoms with Crippen LogP contribution >= 0.6 is 0 Å². The molecule has 338 valence electrons. The first-order valence-corrected chi connectivity index (χ1v) is 25.1. The summed E-state index contributed by atoms with van der Waals surface area (Å²) < 4.78 is 0. The summed E-state index contributed by atoms with van der Waals surface area (Å²) in [4.78, 5) is 93.0. The Morgan fingerprint density at radius 2 is 0.677 bits per heavy atom. The van der Waals surface area contributed by atoms with Crippen molar-refractivity contribution in [2.24, 2.45) is 17.8 Å². The van der Waals surface area contributed by atoms with Crippen LogP contribution in [-0.2, 0) is 9.59 Å². The molecular weight excluding hydrogens is 811 g/mol. The third-order valence-electron chi connectivity index (χ3n) is 16.7. The fraction of sp³-hybridized carbons (Fsp3) is 0.500. The molecule has 3 heterocycles. The smallest absolute Gasteiger partial charge is 0.261 e. The number of rotatable bonds is 18. The second kappa shape index (κ2) is 16.8. The summed E-state index contributed by atoms with van der Waals surface area (Å²) in [6.45, 7) is 13.9. The summed E-state index contributed by atoms with van der Waals surface area (Å²) in [5, 5.41) is 2.98. The molecule has 0 saturated heterocycles.